The van der Waals surface area contributed by atoms with Crippen molar-refractivity contribution in [2.24, 2.45) is 11.8 Å². The minimum atomic E-state index is 0.713. The molecule has 3 unspecified atom stereocenters. The van der Waals surface area contributed by atoms with Gasteiger partial charge in [-0.25, -0.2) is 0 Å². The van der Waals surface area contributed by atoms with Crippen LogP contribution in [0.15, 0.2) is 30.3 Å². The zero-order chi connectivity index (χ0) is 13.1. The highest BCUT2D eigenvalue weighted by atomic mass is 15.2. The van der Waals surface area contributed by atoms with Crippen LogP contribution in [-0.4, -0.2) is 30.6 Å². The van der Waals surface area contributed by atoms with E-state index in [-0.39, 0.29) is 0 Å². The number of hydrogen-bond acceptors (Lipinski definition) is 2. The molecule has 1 aromatic carbocycles. The van der Waals surface area contributed by atoms with E-state index < -0.39 is 0 Å². The number of nitrogens with one attached hydrogen (secondary N) is 1. The van der Waals surface area contributed by atoms with E-state index in [1.54, 1.807) is 0 Å². The van der Waals surface area contributed by atoms with E-state index in [0.717, 1.165) is 18.4 Å². The van der Waals surface area contributed by atoms with Crippen molar-refractivity contribution in [3.8, 4) is 0 Å². The first-order valence-corrected chi connectivity index (χ1v) is 7.81. The fourth-order valence-electron chi connectivity index (χ4n) is 3.21. The lowest BCUT2D eigenvalue weighted by Gasteiger charge is -2.33. The molecule has 1 saturated heterocycles. The number of likely N-dealkylation sites (tertiary alicyclic amines) is 1. The van der Waals surface area contributed by atoms with Gasteiger partial charge in [0.2, 0.25) is 0 Å². The second-order valence-electron chi connectivity index (χ2n) is 6.44. The van der Waals surface area contributed by atoms with Gasteiger partial charge in [0, 0.05) is 19.1 Å². The van der Waals surface area contributed by atoms with Crippen LogP contribution in [-0.2, 0) is 6.54 Å². The van der Waals surface area contributed by atoms with Gasteiger partial charge >= 0.3 is 0 Å². The average Bonchev–Trinajstić information content (AvgIpc) is 3.14. The molecule has 1 saturated carbocycles. The maximum atomic E-state index is 3.79. The SMILES string of the molecule is CC1CC1CNC1CCCN(Cc2ccccc2)C1. The van der Waals surface area contributed by atoms with E-state index in [4.69, 9.17) is 0 Å². The summed E-state index contributed by atoms with van der Waals surface area (Å²) in [6, 6.07) is 11.6. The highest BCUT2D eigenvalue weighted by Gasteiger charge is 2.32. The quantitative estimate of drug-likeness (QED) is 0.873. The van der Waals surface area contributed by atoms with E-state index in [9.17, 15) is 0 Å². The predicted octanol–water partition coefficient (Wildman–Crippen LogP) is 2.90. The van der Waals surface area contributed by atoms with Crippen LogP contribution in [0, 0.1) is 11.8 Å². The van der Waals surface area contributed by atoms with Crippen molar-refractivity contribution in [3.05, 3.63) is 35.9 Å². The summed E-state index contributed by atoms with van der Waals surface area (Å²) in [5, 5.41) is 3.79. The van der Waals surface area contributed by atoms with Crippen molar-refractivity contribution in [2.45, 2.75) is 38.8 Å². The molecule has 1 aliphatic heterocycles. The molecule has 2 fully saturated rings. The van der Waals surface area contributed by atoms with Gasteiger partial charge in [-0.2, -0.15) is 0 Å². The topological polar surface area (TPSA) is 15.3 Å². The molecule has 2 nitrogen and oxygen atoms in total. The number of nitrogens with zero attached hydrogens (tertiary/aromatic N) is 1. The molecule has 0 aromatic heterocycles. The van der Waals surface area contributed by atoms with Crippen molar-refractivity contribution in [1.29, 1.82) is 0 Å². The summed E-state index contributed by atoms with van der Waals surface area (Å²) in [5.41, 5.74) is 1.44. The third-order valence-electron chi connectivity index (χ3n) is 4.70. The fraction of sp³-hybridized carbons (Fsp3) is 0.647. The highest BCUT2D eigenvalue weighted by molar-refractivity contribution is 5.14. The van der Waals surface area contributed by atoms with Gasteiger partial charge in [0.25, 0.3) is 0 Å². The first-order valence-electron chi connectivity index (χ1n) is 7.81. The molecular formula is C17H26N2. The molecule has 0 bridgehead atoms. The lowest BCUT2D eigenvalue weighted by molar-refractivity contribution is 0.182. The Labute approximate surface area is 117 Å². The molecule has 104 valence electrons. The molecule has 3 rings (SSSR count). The molecule has 0 amide bonds. The Balaban J connectivity index is 1.45. The molecule has 2 heteroatoms. The Hall–Kier alpha value is -0.860. The molecule has 2 aliphatic rings. The number of rotatable bonds is 5. The van der Waals surface area contributed by atoms with Crippen molar-refractivity contribution >= 4 is 0 Å². The molecule has 1 N–H and O–H groups in total. The van der Waals surface area contributed by atoms with Crippen molar-refractivity contribution in [3.63, 3.8) is 0 Å². The van der Waals surface area contributed by atoms with Gasteiger partial charge in [0.15, 0.2) is 0 Å². The molecule has 19 heavy (non-hydrogen) atoms. The van der Waals surface area contributed by atoms with E-state index in [1.165, 1.54) is 44.5 Å². The van der Waals surface area contributed by atoms with Gasteiger partial charge in [-0.15, -0.1) is 0 Å². The second kappa shape index (κ2) is 6.06. The van der Waals surface area contributed by atoms with E-state index in [2.05, 4.69) is 47.5 Å². The van der Waals surface area contributed by atoms with E-state index >= 15 is 0 Å². The molecule has 1 heterocycles. The summed E-state index contributed by atoms with van der Waals surface area (Å²) >= 11 is 0. The van der Waals surface area contributed by atoms with Crippen LogP contribution in [0.1, 0.15) is 31.7 Å². The molecular weight excluding hydrogens is 232 g/mol. The van der Waals surface area contributed by atoms with Crippen molar-refractivity contribution < 1.29 is 0 Å². The molecule has 1 aliphatic carbocycles. The van der Waals surface area contributed by atoms with E-state index in [0.29, 0.717) is 6.04 Å². The predicted molar refractivity (Wildman–Crippen MR) is 80.0 cm³/mol. The lowest BCUT2D eigenvalue weighted by Crippen LogP contribution is -2.45. The Morgan fingerprint density at radius 2 is 2.05 bits per heavy atom. The maximum absolute atomic E-state index is 3.79. The minimum absolute atomic E-state index is 0.713. The number of piperidine rings is 1. The van der Waals surface area contributed by atoms with Gasteiger partial charge in [0.1, 0.15) is 0 Å². The zero-order valence-electron chi connectivity index (χ0n) is 12.0. The Morgan fingerprint density at radius 3 is 2.79 bits per heavy atom. The Kier molecular flexibility index (Phi) is 4.19. The summed E-state index contributed by atoms with van der Waals surface area (Å²) in [7, 11) is 0. The van der Waals surface area contributed by atoms with Crippen LogP contribution in [0.4, 0.5) is 0 Å². The molecule has 0 spiro atoms. The average molecular weight is 258 g/mol. The third kappa shape index (κ3) is 3.80. The lowest BCUT2D eigenvalue weighted by atomic mass is 10.0. The van der Waals surface area contributed by atoms with Gasteiger partial charge in [-0.1, -0.05) is 37.3 Å². The smallest absolute Gasteiger partial charge is 0.0234 e. The summed E-state index contributed by atoms with van der Waals surface area (Å²) in [4.78, 5) is 2.60. The summed E-state index contributed by atoms with van der Waals surface area (Å²) in [5.74, 6) is 1.93. The van der Waals surface area contributed by atoms with Crippen LogP contribution >= 0.6 is 0 Å². The summed E-state index contributed by atoms with van der Waals surface area (Å²) < 4.78 is 0. The van der Waals surface area contributed by atoms with Gasteiger partial charge in [0.05, 0.1) is 0 Å². The molecule has 1 aromatic rings. The third-order valence-corrected chi connectivity index (χ3v) is 4.70. The van der Waals surface area contributed by atoms with Gasteiger partial charge in [-0.05, 0) is 49.8 Å². The first kappa shape index (κ1) is 13.1. The van der Waals surface area contributed by atoms with Crippen LogP contribution in [0.25, 0.3) is 0 Å². The zero-order valence-corrected chi connectivity index (χ0v) is 12.0. The van der Waals surface area contributed by atoms with Crippen molar-refractivity contribution in [2.75, 3.05) is 19.6 Å². The fourth-order valence-corrected chi connectivity index (χ4v) is 3.21. The van der Waals surface area contributed by atoms with Crippen LogP contribution < -0.4 is 5.32 Å². The Morgan fingerprint density at radius 1 is 1.26 bits per heavy atom. The summed E-state index contributed by atoms with van der Waals surface area (Å²) in [6.45, 7) is 7.20. The molecule has 0 radical (unpaired) electrons. The Bertz CT molecular complexity index is 390. The monoisotopic (exact) mass is 258 g/mol. The van der Waals surface area contributed by atoms with Crippen LogP contribution in [0.2, 0.25) is 0 Å². The number of hydrogen-bond donors (Lipinski definition) is 1. The van der Waals surface area contributed by atoms with Crippen molar-refractivity contribution in [1.82, 2.24) is 10.2 Å². The summed E-state index contributed by atoms with van der Waals surface area (Å²) in [6.07, 6.45) is 4.13. The minimum Gasteiger partial charge on any atom is -0.312 e. The highest BCUT2D eigenvalue weighted by Crippen LogP contribution is 2.36. The van der Waals surface area contributed by atoms with Crippen LogP contribution in [0.3, 0.4) is 0 Å². The maximum Gasteiger partial charge on any atom is 0.0234 e. The second-order valence-corrected chi connectivity index (χ2v) is 6.44. The normalized spacial score (nSPS) is 31.3. The van der Waals surface area contributed by atoms with Crippen LogP contribution in [0.5, 0.6) is 0 Å². The standard InChI is InChI=1S/C17H26N2/c1-14-10-16(14)11-18-17-8-5-9-19(13-17)12-15-6-3-2-4-7-15/h2-4,6-7,14,16-18H,5,8-13H2,1H3. The van der Waals surface area contributed by atoms with E-state index in [1.807, 2.05) is 0 Å². The molecule has 3 atom stereocenters. The van der Waals surface area contributed by atoms with Gasteiger partial charge in [-0.3, -0.25) is 4.90 Å². The largest absolute Gasteiger partial charge is 0.312 e. The first-order chi connectivity index (χ1) is 9.31. The number of benzene rings is 1. The van der Waals surface area contributed by atoms with Gasteiger partial charge < -0.3 is 5.32 Å².